The van der Waals surface area contributed by atoms with Gasteiger partial charge in [0.1, 0.15) is 0 Å². The normalized spacial score (nSPS) is 12.4. The fraction of sp³-hybridized carbons (Fsp3) is 0.333. The summed E-state index contributed by atoms with van der Waals surface area (Å²) in [6.07, 6.45) is 6.64. The van der Waals surface area contributed by atoms with Gasteiger partial charge in [0.2, 0.25) is 5.91 Å². The molecule has 0 heterocycles. The second-order valence-corrected chi connectivity index (χ2v) is 7.05. The summed E-state index contributed by atoms with van der Waals surface area (Å²) in [7, 11) is 1.40. The zero-order chi connectivity index (χ0) is 19.8. The van der Waals surface area contributed by atoms with E-state index >= 15 is 0 Å². The molecule has 4 nitrogen and oxygen atoms in total. The molecular formula is C24H27NO3. The third-order valence-electron chi connectivity index (χ3n) is 5.14. The van der Waals surface area contributed by atoms with Crippen LogP contribution in [-0.4, -0.2) is 25.5 Å². The summed E-state index contributed by atoms with van der Waals surface area (Å²) in [5, 5.41) is 2.98. The maximum atomic E-state index is 12.6. The lowest BCUT2D eigenvalue weighted by Gasteiger charge is -2.12. The van der Waals surface area contributed by atoms with Crippen LogP contribution in [0.1, 0.15) is 47.9 Å². The van der Waals surface area contributed by atoms with Gasteiger partial charge in [0.05, 0.1) is 7.11 Å². The number of hydrogen-bond donors (Lipinski definition) is 1. The Bertz CT molecular complexity index is 820. The van der Waals surface area contributed by atoms with E-state index in [0.717, 1.165) is 48.8 Å². The molecule has 146 valence electrons. The maximum Gasteiger partial charge on any atom is 0.305 e. The highest BCUT2D eigenvalue weighted by Crippen LogP contribution is 2.33. The quantitative estimate of drug-likeness (QED) is 0.450. The number of unbranched alkanes of at least 4 members (excludes halogenated alkanes) is 2. The first-order valence-corrected chi connectivity index (χ1v) is 9.92. The number of carbonyl (C=O) groups excluding carboxylic acids is 2. The minimum absolute atomic E-state index is 0.0746. The second-order valence-electron chi connectivity index (χ2n) is 7.05. The Morgan fingerprint density at radius 3 is 2.14 bits per heavy atom. The molecule has 0 saturated heterocycles. The number of ether oxygens (including phenoxy) is 1. The monoisotopic (exact) mass is 377 g/mol. The molecule has 0 radical (unpaired) electrons. The highest BCUT2D eigenvalue weighted by molar-refractivity contribution is 6.00. The Balaban J connectivity index is 1.67. The van der Waals surface area contributed by atoms with Crippen molar-refractivity contribution in [3.8, 4) is 0 Å². The Kier molecular flexibility index (Phi) is 7.01. The Morgan fingerprint density at radius 1 is 0.929 bits per heavy atom. The van der Waals surface area contributed by atoms with Crippen molar-refractivity contribution in [1.29, 1.82) is 0 Å². The van der Waals surface area contributed by atoms with Crippen LogP contribution >= 0.6 is 0 Å². The molecule has 0 aromatic heterocycles. The number of amides is 1. The maximum absolute atomic E-state index is 12.6. The molecule has 4 heteroatoms. The van der Waals surface area contributed by atoms with Crippen molar-refractivity contribution < 1.29 is 14.3 Å². The number of esters is 1. The minimum atomic E-state index is -0.181. The number of carbonyl (C=O) groups is 2. The fourth-order valence-electron chi connectivity index (χ4n) is 3.64. The molecule has 1 aliphatic rings. The van der Waals surface area contributed by atoms with Crippen LogP contribution in [0.2, 0.25) is 0 Å². The Labute approximate surface area is 166 Å². The molecule has 0 atom stereocenters. The first-order chi connectivity index (χ1) is 13.7. The predicted molar refractivity (Wildman–Crippen MR) is 111 cm³/mol. The van der Waals surface area contributed by atoms with Gasteiger partial charge in [-0.25, -0.2) is 0 Å². The zero-order valence-electron chi connectivity index (χ0n) is 16.4. The minimum Gasteiger partial charge on any atom is -0.469 e. The lowest BCUT2D eigenvalue weighted by molar-refractivity contribution is -0.140. The van der Waals surface area contributed by atoms with Crippen molar-refractivity contribution in [2.75, 3.05) is 13.7 Å². The molecule has 3 rings (SSSR count). The first-order valence-electron chi connectivity index (χ1n) is 9.92. The van der Waals surface area contributed by atoms with Crippen LogP contribution < -0.4 is 5.32 Å². The van der Waals surface area contributed by atoms with Gasteiger partial charge in [0.15, 0.2) is 0 Å². The van der Waals surface area contributed by atoms with Gasteiger partial charge in [-0.3, -0.25) is 9.59 Å². The average molecular weight is 377 g/mol. The summed E-state index contributed by atoms with van der Waals surface area (Å²) in [6, 6.07) is 16.7. The topological polar surface area (TPSA) is 55.4 Å². The highest BCUT2D eigenvalue weighted by Gasteiger charge is 2.18. The first kappa shape index (κ1) is 19.9. The zero-order valence-corrected chi connectivity index (χ0v) is 16.4. The predicted octanol–water partition coefficient (Wildman–Crippen LogP) is 4.07. The van der Waals surface area contributed by atoms with Gasteiger partial charge in [0, 0.05) is 19.0 Å². The van der Waals surface area contributed by atoms with Crippen LogP contribution in [0, 0.1) is 0 Å². The number of hydrogen-bond acceptors (Lipinski definition) is 3. The standard InChI is InChI=1S/C24H27NO3/c1-28-24(27)13-3-2-8-16-25-23(26)17-22-20-11-6-4-9-18(20)14-15-19-10-5-7-12-21(19)22/h4-7,9-12,17H,2-3,8,13-16H2,1H3,(H,25,26). The molecule has 0 fully saturated rings. The molecule has 1 aliphatic carbocycles. The number of nitrogens with one attached hydrogen (secondary N) is 1. The van der Waals surface area contributed by atoms with E-state index < -0.39 is 0 Å². The van der Waals surface area contributed by atoms with Crippen molar-refractivity contribution >= 4 is 17.4 Å². The van der Waals surface area contributed by atoms with Gasteiger partial charge in [-0.2, -0.15) is 0 Å². The van der Waals surface area contributed by atoms with Crippen molar-refractivity contribution in [3.63, 3.8) is 0 Å². The lowest BCUT2D eigenvalue weighted by atomic mass is 9.93. The van der Waals surface area contributed by atoms with E-state index in [9.17, 15) is 9.59 Å². The van der Waals surface area contributed by atoms with E-state index in [1.54, 1.807) is 6.08 Å². The molecule has 0 unspecified atom stereocenters. The SMILES string of the molecule is COC(=O)CCCCCNC(=O)C=C1c2ccccc2CCc2ccccc21. The third-order valence-corrected chi connectivity index (χ3v) is 5.14. The second kappa shape index (κ2) is 9.88. The molecule has 0 aliphatic heterocycles. The molecular weight excluding hydrogens is 350 g/mol. The molecule has 1 amide bonds. The van der Waals surface area contributed by atoms with E-state index in [0.29, 0.717) is 13.0 Å². The van der Waals surface area contributed by atoms with Gasteiger partial charge in [-0.05, 0) is 53.5 Å². The number of benzene rings is 2. The molecule has 28 heavy (non-hydrogen) atoms. The van der Waals surface area contributed by atoms with E-state index in [2.05, 4.69) is 46.5 Å². The van der Waals surface area contributed by atoms with E-state index in [1.807, 2.05) is 12.1 Å². The number of aryl methyl sites for hydroxylation is 2. The van der Waals surface area contributed by atoms with Crippen molar-refractivity contribution in [2.45, 2.75) is 38.5 Å². The number of methoxy groups -OCH3 is 1. The summed E-state index contributed by atoms with van der Waals surface area (Å²) in [5.41, 5.74) is 5.83. The molecule has 2 aromatic rings. The molecule has 1 N–H and O–H groups in total. The number of fused-ring (bicyclic) bond motifs is 2. The van der Waals surface area contributed by atoms with Crippen LogP contribution in [0.4, 0.5) is 0 Å². The average Bonchev–Trinajstić information content (AvgIpc) is 2.88. The summed E-state index contributed by atoms with van der Waals surface area (Å²) in [5.74, 6) is -0.256. The van der Waals surface area contributed by atoms with E-state index in [1.165, 1.54) is 18.2 Å². The Hall–Kier alpha value is -2.88. The van der Waals surface area contributed by atoms with Gasteiger partial charge in [-0.15, -0.1) is 0 Å². The van der Waals surface area contributed by atoms with Crippen LogP contribution in [0.25, 0.3) is 5.57 Å². The van der Waals surface area contributed by atoms with Crippen LogP contribution in [0.15, 0.2) is 54.6 Å². The molecule has 0 saturated carbocycles. The van der Waals surface area contributed by atoms with Crippen molar-refractivity contribution in [1.82, 2.24) is 5.32 Å². The third kappa shape index (κ3) is 5.10. The number of rotatable bonds is 7. The largest absolute Gasteiger partial charge is 0.469 e. The van der Waals surface area contributed by atoms with E-state index in [-0.39, 0.29) is 11.9 Å². The summed E-state index contributed by atoms with van der Waals surface area (Å²) in [4.78, 5) is 23.7. The van der Waals surface area contributed by atoms with Crippen LogP contribution in [0.5, 0.6) is 0 Å². The van der Waals surface area contributed by atoms with E-state index in [4.69, 9.17) is 0 Å². The van der Waals surface area contributed by atoms with Gasteiger partial charge in [0.25, 0.3) is 0 Å². The molecule has 2 aromatic carbocycles. The lowest BCUT2D eigenvalue weighted by Crippen LogP contribution is -2.22. The van der Waals surface area contributed by atoms with Gasteiger partial charge < -0.3 is 10.1 Å². The Morgan fingerprint density at radius 2 is 1.54 bits per heavy atom. The molecule has 0 bridgehead atoms. The smallest absolute Gasteiger partial charge is 0.305 e. The fourth-order valence-corrected chi connectivity index (χ4v) is 3.64. The van der Waals surface area contributed by atoms with Gasteiger partial charge >= 0.3 is 5.97 Å². The molecule has 0 spiro atoms. The van der Waals surface area contributed by atoms with Crippen LogP contribution in [-0.2, 0) is 27.2 Å². The van der Waals surface area contributed by atoms with Crippen molar-refractivity contribution in [3.05, 3.63) is 76.9 Å². The highest BCUT2D eigenvalue weighted by atomic mass is 16.5. The van der Waals surface area contributed by atoms with Crippen LogP contribution in [0.3, 0.4) is 0 Å². The van der Waals surface area contributed by atoms with Gasteiger partial charge in [-0.1, -0.05) is 55.0 Å². The van der Waals surface area contributed by atoms with Crippen molar-refractivity contribution in [2.24, 2.45) is 0 Å². The summed E-state index contributed by atoms with van der Waals surface area (Å²) in [6.45, 7) is 0.604. The summed E-state index contributed by atoms with van der Waals surface area (Å²) < 4.78 is 4.63. The summed E-state index contributed by atoms with van der Waals surface area (Å²) >= 11 is 0.